The van der Waals surface area contributed by atoms with Crippen molar-refractivity contribution in [3.63, 3.8) is 0 Å². The van der Waals surface area contributed by atoms with Crippen LogP contribution in [0.1, 0.15) is 219 Å². The molecule has 0 aromatic heterocycles. The van der Waals surface area contributed by atoms with E-state index < -0.39 is 99.3 Å². The number of aliphatic hydroxyl groups is 7. The highest BCUT2D eigenvalue weighted by atomic mass is 16.7. The van der Waals surface area contributed by atoms with E-state index in [1.165, 1.54) is 128 Å². The van der Waals surface area contributed by atoms with Crippen molar-refractivity contribution in [2.24, 2.45) is 0 Å². The second kappa shape index (κ2) is 45.5. The van der Waals surface area contributed by atoms with Crippen LogP contribution in [-0.4, -0.2) is 142 Å². The third-order valence-corrected chi connectivity index (χ3v) is 13.8. The predicted octanol–water partition coefficient (Wildman–Crippen LogP) is 9.83. The van der Waals surface area contributed by atoms with E-state index in [0.717, 1.165) is 44.9 Å². The van der Waals surface area contributed by atoms with E-state index in [1.54, 1.807) is 0 Å². The summed E-state index contributed by atoms with van der Waals surface area (Å²) in [5.41, 5.74) is 0. The lowest BCUT2D eigenvalue weighted by Gasteiger charge is -2.42. The normalized spacial score (nSPS) is 25.0. The summed E-state index contributed by atoms with van der Waals surface area (Å²) in [4.78, 5) is 25.8. The number of esters is 2. The Balaban J connectivity index is 1.77. The molecule has 0 aromatic rings. The number of carbonyl (C=O) groups is 2. The monoisotopic (exact) mass is 1050 g/mol. The summed E-state index contributed by atoms with van der Waals surface area (Å²) in [6, 6.07) is 0. The van der Waals surface area contributed by atoms with E-state index >= 15 is 0 Å². The molecule has 0 aliphatic carbocycles. The molecule has 0 saturated carbocycles. The van der Waals surface area contributed by atoms with Crippen LogP contribution in [0.15, 0.2) is 48.6 Å². The molecule has 74 heavy (non-hydrogen) atoms. The van der Waals surface area contributed by atoms with Gasteiger partial charge in [0.15, 0.2) is 18.7 Å². The van der Waals surface area contributed by atoms with Crippen molar-refractivity contribution in [3.8, 4) is 0 Å². The van der Waals surface area contributed by atoms with Crippen molar-refractivity contribution in [3.05, 3.63) is 48.6 Å². The molecule has 15 nitrogen and oxygen atoms in total. The Labute approximate surface area is 446 Å². The van der Waals surface area contributed by atoms with Crippen LogP contribution in [0.5, 0.6) is 0 Å². The van der Waals surface area contributed by atoms with E-state index in [1.807, 2.05) is 0 Å². The molecule has 0 radical (unpaired) electrons. The van der Waals surface area contributed by atoms with Gasteiger partial charge < -0.3 is 64.2 Å². The topological polar surface area (TPSA) is 231 Å². The number of ether oxygens (including phenoxy) is 6. The zero-order valence-electron chi connectivity index (χ0n) is 45.8. The van der Waals surface area contributed by atoms with Crippen LogP contribution in [0, 0.1) is 0 Å². The van der Waals surface area contributed by atoms with Gasteiger partial charge in [-0.1, -0.05) is 178 Å². The van der Waals surface area contributed by atoms with Crippen molar-refractivity contribution in [2.75, 3.05) is 26.4 Å². The van der Waals surface area contributed by atoms with E-state index in [9.17, 15) is 45.3 Å². The Morgan fingerprint density at radius 3 is 1.35 bits per heavy atom. The molecule has 0 amide bonds. The molecular weight excluding hydrogens is 949 g/mol. The molecule has 15 heteroatoms. The highest BCUT2D eigenvalue weighted by Crippen LogP contribution is 2.27. The third-order valence-electron chi connectivity index (χ3n) is 13.8. The van der Waals surface area contributed by atoms with Gasteiger partial charge in [0.05, 0.1) is 19.8 Å². The lowest BCUT2D eigenvalue weighted by Crippen LogP contribution is -2.61. The maximum atomic E-state index is 13.0. The van der Waals surface area contributed by atoms with Gasteiger partial charge in [-0.05, 0) is 77.0 Å². The van der Waals surface area contributed by atoms with Gasteiger partial charge in [-0.15, -0.1) is 0 Å². The highest BCUT2D eigenvalue weighted by Gasteiger charge is 2.47. The van der Waals surface area contributed by atoms with E-state index in [-0.39, 0.29) is 19.4 Å². The highest BCUT2D eigenvalue weighted by molar-refractivity contribution is 5.70. The molecule has 0 bridgehead atoms. The Kier molecular flexibility index (Phi) is 41.5. The predicted molar refractivity (Wildman–Crippen MR) is 289 cm³/mol. The van der Waals surface area contributed by atoms with Gasteiger partial charge in [0.25, 0.3) is 0 Å². The Morgan fingerprint density at radius 1 is 0.432 bits per heavy atom. The van der Waals surface area contributed by atoms with Crippen molar-refractivity contribution in [1.29, 1.82) is 0 Å². The van der Waals surface area contributed by atoms with Gasteiger partial charge >= 0.3 is 11.9 Å². The Bertz CT molecular complexity index is 1470. The Hall–Kier alpha value is -2.54. The number of carbonyl (C=O) groups excluding carboxylic acids is 2. The largest absolute Gasteiger partial charge is 0.462 e. The molecule has 2 aliphatic heterocycles. The van der Waals surface area contributed by atoms with Crippen LogP contribution in [0.3, 0.4) is 0 Å². The summed E-state index contributed by atoms with van der Waals surface area (Å²) in [5, 5.41) is 72.2. The van der Waals surface area contributed by atoms with Crippen LogP contribution in [-0.2, 0) is 38.0 Å². The Morgan fingerprint density at radius 2 is 0.838 bits per heavy atom. The average molecular weight is 1050 g/mol. The maximum Gasteiger partial charge on any atom is 0.306 e. The van der Waals surface area contributed by atoms with Crippen molar-refractivity contribution < 1.29 is 73.8 Å². The van der Waals surface area contributed by atoms with Crippen molar-refractivity contribution in [1.82, 2.24) is 0 Å². The molecule has 430 valence electrons. The number of hydrogen-bond acceptors (Lipinski definition) is 15. The van der Waals surface area contributed by atoms with Crippen molar-refractivity contribution >= 4 is 11.9 Å². The van der Waals surface area contributed by atoms with Gasteiger partial charge in [-0.2, -0.15) is 0 Å². The van der Waals surface area contributed by atoms with E-state index in [4.69, 9.17) is 28.4 Å². The van der Waals surface area contributed by atoms with Gasteiger partial charge in [0.1, 0.15) is 55.4 Å². The average Bonchev–Trinajstić information content (AvgIpc) is 3.39. The zero-order valence-corrected chi connectivity index (χ0v) is 45.8. The molecule has 2 fully saturated rings. The first-order valence-corrected chi connectivity index (χ1v) is 29.2. The minimum absolute atomic E-state index is 0.0984. The van der Waals surface area contributed by atoms with Gasteiger partial charge in [0.2, 0.25) is 0 Å². The van der Waals surface area contributed by atoms with Crippen LogP contribution in [0.25, 0.3) is 0 Å². The third kappa shape index (κ3) is 32.3. The van der Waals surface area contributed by atoms with E-state index in [0.29, 0.717) is 19.3 Å². The summed E-state index contributed by atoms with van der Waals surface area (Å²) in [6.45, 7) is 2.53. The summed E-state index contributed by atoms with van der Waals surface area (Å²) in [6.07, 6.45) is 35.8. The first-order chi connectivity index (χ1) is 36.0. The van der Waals surface area contributed by atoms with E-state index in [2.05, 4.69) is 62.5 Å². The maximum absolute atomic E-state index is 13.0. The number of rotatable bonds is 46. The molecular formula is C59H104O15. The first kappa shape index (κ1) is 67.6. The lowest BCUT2D eigenvalue weighted by molar-refractivity contribution is -0.332. The molecule has 2 heterocycles. The molecule has 7 N–H and O–H groups in total. The van der Waals surface area contributed by atoms with Gasteiger partial charge in [0, 0.05) is 12.8 Å². The first-order valence-electron chi connectivity index (χ1n) is 29.2. The zero-order chi connectivity index (χ0) is 53.9. The lowest BCUT2D eigenvalue weighted by atomic mass is 9.98. The van der Waals surface area contributed by atoms with Gasteiger partial charge in [-0.3, -0.25) is 9.59 Å². The van der Waals surface area contributed by atoms with Crippen LogP contribution in [0.2, 0.25) is 0 Å². The molecule has 0 spiro atoms. The number of allylic oxidation sites excluding steroid dienone is 8. The van der Waals surface area contributed by atoms with Crippen LogP contribution >= 0.6 is 0 Å². The summed E-state index contributed by atoms with van der Waals surface area (Å²) in [7, 11) is 0. The number of aliphatic hydroxyl groups excluding tert-OH is 7. The van der Waals surface area contributed by atoms with Crippen LogP contribution < -0.4 is 0 Å². The minimum atomic E-state index is -1.78. The summed E-state index contributed by atoms with van der Waals surface area (Å²) >= 11 is 0. The fourth-order valence-electron chi connectivity index (χ4n) is 8.97. The summed E-state index contributed by atoms with van der Waals surface area (Å²) < 4.78 is 33.6. The standard InChI is InChI=1S/C59H104O15/c1-3-5-7-9-11-13-15-17-19-20-21-22-23-24-25-26-28-30-32-34-36-38-40-42-51(62)72-47(44-69-50(61)41-39-37-35-33-31-29-27-18-16-14-12-10-8-6-4-2)45-70-58-57(68)55(66)53(64)49(74-58)46-71-59-56(67)54(65)52(63)48(43-60)73-59/h18,26-28,31,33-34,36,47-49,52-60,63-68H,3-17,19-25,29-30,32,35,37-46H2,1-2H3/b27-18+,28-26+,33-31+,36-34+/t47-,48+,49+,52-,53-,54?,55?,56?,57?,58+,59+/m1/s1. The number of unbranched alkanes of at least 4 members (excludes halogenated alkanes) is 24. The molecule has 4 unspecified atom stereocenters. The second-order valence-electron chi connectivity index (χ2n) is 20.5. The quantitative estimate of drug-likeness (QED) is 0.0171. The molecule has 2 rings (SSSR count). The van der Waals surface area contributed by atoms with Gasteiger partial charge in [-0.25, -0.2) is 0 Å². The molecule has 2 aliphatic rings. The second-order valence-corrected chi connectivity index (χ2v) is 20.5. The molecule has 0 aromatic carbocycles. The fraction of sp³-hybridized carbons (Fsp3) is 0.831. The SMILES string of the molecule is CCCCCCCC/C=C/C/C=C/CCCCC(=O)OC[C@H](CO[C@H]1O[C@@H](CO[C@H]2O[C@@H](CO)[C@@H](O)C(O)C2O)[C@@H](O)C(O)C1O)OC(=O)CCC/C=C/CC/C=C/CCCCCCCCCCCCCCCC. The minimum Gasteiger partial charge on any atom is -0.462 e. The smallest absolute Gasteiger partial charge is 0.306 e. The van der Waals surface area contributed by atoms with Crippen molar-refractivity contribution in [2.45, 2.75) is 287 Å². The molecule has 11 atom stereocenters. The fourth-order valence-corrected chi connectivity index (χ4v) is 8.97. The number of hydrogen-bond donors (Lipinski definition) is 7. The molecule has 2 saturated heterocycles. The van der Waals surface area contributed by atoms with Crippen LogP contribution in [0.4, 0.5) is 0 Å². The summed E-state index contributed by atoms with van der Waals surface area (Å²) in [5.74, 6) is -1.01.